The molecule has 3 nitrogen and oxygen atoms in total. The third kappa shape index (κ3) is 3.44. The lowest BCUT2D eigenvalue weighted by Gasteiger charge is -2.09. The fraction of sp³-hybridized carbons (Fsp3) is 0.438. The first kappa shape index (κ1) is 13.8. The maximum Gasteiger partial charge on any atom is 0.108 e. The van der Waals surface area contributed by atoms with E-state index in [1.807, 2.05) is 18.2 Å². The molecule has 1 atom stereocenters. The Morgan fingerprint density at radius 2 is 1.95 bits per heavy atom. The molecule has 3 N–H and O–H groups in total. The zero-order valence-electron chi connectivity index (χ0n) is 11.8. The molecule has 0 aliphatic rings. The summed E-state index contributed by atoms with van der Waals surface area (Å²) in [6, 6.07) is 10.2. The summed E-state index contributed by atoms with van der Waals surface area (Å²) in [5.41, 5.74) is 9.87. The Morgan fingerprint density at radius 1 is 1.21 bits per heavy atom. The largest absolute Gasteiger partial charge is 0.346 e. The molecular formula is C16H23N3. The van der Waals surface area contributed by atoms with Crippen molar-refractivity contribution in [2.75, 3.05) is 0 Å². The van der Waals surface area contributed by atoms with Gasteiger partial charge < -0.3 is 10.7 Å². The molecule has 3 heteroatoms. The quantitative estimate of drug-likeness (QED) is 0.835. The fourth-order valence-electron chi connectivity index (χ4n) is 2.38. The van der Waals surface area contributed by atoms with Crippen LogP contribution in [0, 0.1) is 0 Å². The van der Waals surface area contributed by atoms with Crippen LogP contribution in [0.1, 0.15) is 49.1 Å². The first-order valence-corrected chi connectivity index (χ1v) is 7.11. The Bertz CT molecular complexity index is 502. The van der Waals surface area contributed by atoms with Crippen LogP contribution in [0.2, 0.25) is 0 Å². The maximum absolute atomic E-state index is 6.24. The van der Waals surface area contributed by atoms with Crippen molar-refractivity contribution in [2.24, 2.45) is 5.73 Å². The third-order valence-corrected chi connectivity index (χ3v) is 3.39. The minimum atomic E-state index is 0.00605. The van der Waals surface area contributed by atoms with Gasteiger partial charge in [0.15, 0.2) is 0 Å². The van der Waals surface area contributed by atoms with Gasteiger partial charge in [-0.05, 0) is 18.4 Å². The number of aromatic nitrogens is 2. The smallest absolute Gasteiger partial charge is 0.108 e. The first-order valence-electron chi connectivity index (χ1n) is 7.11. The van der Waals surface area contributed by atoms with Gasteiger partial charge in [0.2, 0.25) is 0 Å². The average Bonchev–Trinajstić information content (AvgIpc) is 2.82. The van der Waals surface area contributed by atoms with E-state index in [1.54, 1.807) is 0 Å². The number of imidazole rings is 1. The van der Waals surface area contributed by atoms with Gasteiger partial charge in [-0.1, -0.05) is 50.6 Å². The summed E-state index contributed by atoms with van der Waals surface area (Å²) in [7, 11) is 0. The highest BCUT2D eigenvalue weighted by Crippen LogP contribution is 2.16. The molecule has 0 saturated heterocycles. The van der Waals surface area contributed by atoms with Gasteiger partial charge in [0, 0.05) is 18.2 Å². The minimum Gasteiger partial charge on any atom is -0.346 e. The second-order valence-electron chi connectivity index (χ2n) is 4.93. The second-order valence-corrected chi connectivity index (χ2v) is 4.93. The normalized spacial score (nSPS) is 12.6. The lowest BCUT2D eigenvalue weighted by Crippen LogP contribution is -2.14. The molecule has 0 saturated carbocycles. The zero-order valence-corrected chi connectivity index (χ0v) is 11.8. The van der Waals surface area contributed by atoms with Crippen LogP contribution in [0.5, 0.6) is 0 Å². The molecule has 1 aromatic carbocycles. The highest BCUT2D eigenvalue weighted by molar-refractivity contribution is 5.21. The number of aromatic amines is 1. The van der Waals surface area contributed by atoms with Crippen LogP contribution in [0.15, 0.2) is 30.3 Å². The van der Waals surface area contributed by atoms with E-state index in [-0.39, 0.29) is 6.04 Å². The number of nitrogens with two attached hydrogens (primary N) is 1. The Morgan fingerprint density at radius 3 is 2.58 bits per heavy atom. The molecule has 0 aliphatic heterocycles. The van der Waals surface area contributed by atoms with Crippen LogP contribution in [-0.2, 0) is 19.3 Å². The first-order chi connectivity index (χ1) is 9.24. The fourth-order valence-corrected chi connectivity index (χ4v) is 2.38. The molecule has 1 aromatic heterocycles. The number of nitrogens with one attached hydrogen (secondary N) is 1. The van der Waals surface area contributed by atoms with Gasteiger partial charge in [0.25, 0.3) is 0 Å². The molecule has 2 rings (SSSR count). The summed E-state index contributed by atoms with van der Waals surface area (Å²) in [6.45, 7) is 4.34. The molecule has 0 aliphatic carbocycles. The highest BCUT2D eigenvalue weighted by Gasteiger charge is 2.12. The molecule has 0 fully saturated rings. The molecule has 1 heterocycles. The number of hydrogen-bond acceptors (Lipinski definition) is 2. The topological polar surface area (TPSA) is 54.7 Å². The predicted octanol–water partition coefficient (Wildman–Crippen LogP) is 3.17. The summed E-state index contributed by atoms with van der Waals surface area (Å²) in [6.07, 6.45) is 3.95. The molecule has 19 heavy (non-hydrogen) atoms. The number of hydrogen-bond donors (Lipinski definition) is 2. The van der Waals surface area contributed by atoms with Crippen molar-refractivity contribution >= 4 is 0 Å². The molecule has 0 spiro atoms. The van der Waals surface area contributed by atoms with Gasteiger partial charge in [-0.2, -0.15) is 0 Å². The zero-order chi connectivity index (χ0) is 13.7. The van der Waals surface area contributed by atoms with Crippen LogP contribution in [0.25, 0.3) is 0 Å². The van der Waals surface area contributed by atoms with Gasteiger partial charge in [-0.15, -0.1) is 0 Å². The molecule has 1 unspecified atom stereocenters. The van der Waals surface area contributed by atoms with Gasteiger partial charge in [-0.25, -0.2) is 4.98 Å². The van der Waals surface area contributed by atoms with Gasteiger partial charge >= 0.3 is 0 Å². The Hall–Kier alpha value is -1.61. The summed E-state index contributed by atoms with van der Waals surface area (Å²) in [4.78, 5) is 8.12. The van der Waals surface area contributed by atoms with E-state index >= 15 is 0 Å². The maximum atomic E-state index is 6.24. The van der Waals surface area contributed by atoms with Crippen LogP contribution in [-0.4, -0.2) is 9.97 Å². The van der Waals surface area contributed by atoms with E-state index in [0.717, 1.165) is 37.1 Å². The van der Waals surface area contributed by atoms with Crippen molar-refractivity contribution < 1.29 is 0 Å². The Labute approximate surface area is 115 Å². The monoisotopic (exact) mass is 257 g/mol. The summed E-state index contributed by atoms with van der Waals surface area (Å²) in [5.74, 6) is 1.01. The standard InChI is InChI=1S/C16H23N3/c1-3-8-15-14(4-2)18-16(19-15)11-13(17)12-9-6-5-7-10-12/h5-7,9-10,13H,3-4,8,11,17H2,1-2H3,(H,18,19). The lowest BCUT2D eigenvalue weighted by molar-refractivity contribution is 0.691. The molecule has 2 aromatic rings. The Balaban J connectivity index is 2.10. The molecule has 102 valence electrons. The van der Waals surface area contributed by atoms with Gasteiger partial charge in [-0.3, -0.25) is 0 Å². The lowest BCUT2D eigenvalue weighted by atomic mass is 10.0. The van der Waals surface area contributed by atoms with Crippen LogP contribution < -0.4 is 5.73 Å². The van der Waals surface area contributed by atoms with Crippen LogP contribution >= 0.6 is 0 Å². The SMILES string of the molecule is CCCc1[nH]c(CC(N)c2ccccc2)nc1CC. The molecule has 0 amide bonds. The predicted molar refractivity (Wildman–Crippen MR) is 79.0 cm³/mol. The van der Waals surface area contributed by atoms with Crippen molar-refractivity contribution in [1.29, 1.82) is 0 Å². The van der Waals surface area contributed by atoms with E-state index in [1.165, 1.54) is 11.4 Å². The van der Waals surface area contributed by atoms with Crippen molar-refractivity contribution in [3.05, 3.63) is 53.1 Å². The van der Waals surface area contributed by atoms with Gasteiger partial charge in [0.05, 0.1) is 5.69 Å². The van der Waals surface area contributed by atoms with Crippen molar-refractivity contribution in [3.63, 3.8) is 0 Å². The summed E-state index contributed by atoms with van der Waals surface area (Å²) < 4.78 is 0. The van der Waals surface area contributed by atoms with Crippen LogP contribution in [0.3, 0.4) is 0 Å². The summed E-state index contributed by atoms with van der Waals surface area (Å²) in [5, 5.41) is 0. The second kappa shape index (κ2) is 6.53. The highest BCUT2D eigenvalue weighted by atomic mass is 14.9. The van der Waals surface area contributed by atoms with Crippen molar-refractivity contribution in [1.82, 2.24) is 9.97 Å². The van der Waals surface area contributed by atoms with Gasteiger partial charge in [0.1, 0.15) is 5.82 Å². The molecular weight excluding hydrogens is 234 g/mol. The van der Waals surface area contributed by atoms with E-state index in [2.05, 4.69) is 35.9 Å². The third-order valence-electron chi connectivity index (χ3n) is 3.39. The number of aryl methyl sites for hydroxylation is 2. The van der Waals surface area contributed by atoms with E-state index in [0.29, 0.717) is 0 Å². The minimum absolute atomic E-state index is 0.00605. The van der Waals surface area contributed by atoms with Crippen LogP contribution in [0.4, 0.5) is 0 Å². The molecule has 0 bridgehead atoms. The van der Waals surface area contributed by atoms with Crippen molar-refractivity contribution in [2.45, 2.75) is 45.6 Å². The average molecular weight is 257 g/mol. The summed E-state index contributed by atoms with van der Waals surface area (Å²) >= 11 is 0. The Kier molecular flexibility index (Phi) is 4.74. The number of nitrogens with zero attached hydrogens (tertiary/aromatic N) is 1. The van der Waals surface area contributed by atoms with Crippen molar-refractivity contribution in [3.8, 4) is 0 Å². The number of benzene rings is 1. The van der Waals surface area contributed by atoms with E-state index in [9.17, 15) is 0 Å². The number of H-pyrrole nitrogens is 1. The van der Waals surface area contributed by atoms with E-state index < -0.39 is 0 Å². The number of rotatable bonds is 6. The van der Waals surface area contributed by atoms with E-state index in [4.69, 9.17) is 5.73 Å². The molecule has 0 radical (unpaired) electrons.